The second-order valence-corrected chi connectivity index (χ2v) is 7.96. The van der Waals surface area contributed by atoms with Gasteiger partial charge in [-0.1, -0.05) is 74.0 Å². The minimum atomic E-state index is 0.0288. The molecule has 0 aliphatic rings. The van der Waals surface area contributed by atoms with Gasteiger partial charge in [-0.3, -0.25) is 4.79 Å². The van der Waals surface area contributed by atoms with E-state index in [9.17, 15) is 4.79 Å². The summed E-state index contributed by atoms with van der Waals surface area (Å²) in [5, 5.41) is 4.14. The molecule has 0 heterocycles. The van der Waals surface area contributed by atoms with Gasteiger partial charge in [-0.25, -0.2) is 0 Å². The van der Waals surface area contributed by atoms with E-state index in [0.29, 0.717) is 17.5 Å². The number of amides is 1. The van der Waals surface area contributed by atoms with E-state index in [4.69, 9.17) is 11.6 Å². The van der Waals surface area contributed by atoms with E-state index >= 15 is 0 Å². The van der Waals surface area contributed by atoms with Crippen LogP contribution < -0.4 is 5.32 Å². The molecule has 0 radical (unpaired) electrons. The zero-order chi connectivity index (χ0) is 20.8. The summed E-state index contributed by atoms with van der Waals surface area (Å²) in [4.78, 5) is 15.3. The fraction of sp³-hybridized carbons (Fsp3) is 0.240. The fourth-order valence-corrected chi connectivity index (χ4v) is 3.62. The maximum atomic E-state index is 13.4. The van der Waals surface area contributed by atoms with Gasteiger partial charge in [0.2, 0.25) is 0 Å². The number of nitrogens with one attached hydrogen (secondary N) is 1. The first-order chi connectivity index (χ1) is 14.0. The van der Waals surface area contributed by atoms with Crippen molar-refractivity contribution in [3.8, 4) is 11.1 Å². The van der Waals surface area contributed by atoms with Crippen LogP contribution >= 0.6 is 11.6 Å². The third kappa shape index (κ3) is 5.18. The van der Waals surface area contributed by atoms with Gasteiger partial charge in [0.15, 0.2) is 0 Å². The Hall–Kier alpha value is -2.78. The van der Waals surface area contributed by atoms with Gasteiger partial charge in [0.25, 0.3) is 5.91 Å². The van der Waals surface area contributed by atoms with E-state index in [1.807, 2.05) is 90.8 Å². The lowest BCUT2D eigenvalue weighted by Gasteiger charge is -2.32. The maximum absolute atomic E-state index is 13.4. The molecule has 3 aromatic carbocycles. The largest absolute Gasteiger partial charge is 0.383 e. The van der Waals surface area contributed by atoms with Crippen LogP contribution in [0.4, 0.5) is 5.69 Å². The van der Waals surface area contributed by atoms with Crippen LogP contribution in [0.15, 0.2) is 78.9 Å². The molecule has 0 aromatic heterocycles. The van der Waals surface area contributed by atoms with E-state index in [1.165, 1.54) is 0 Å². The molecule has 1 unspecified atom stereocenters. The van der Waals surface area contributed by atoms with E-state index < -0.39 is 0 Å². The smallest absolute Gasteiger partial charge is 0.254 e. The molecule has 0 spiro atoms. The second kappa shape index (κ2) is 9.62. The molecule has 4 heteroatoms. The molecule has 3 rings (SSSR count). The summed E-state index contributed by atoms with van der Waals surface area (Å²) in [6.07, 6.45) is 0. The third-order valence-corrected chi connectivity index (χ3v) is 5.44. The first kappa shape index (κ1) is 20.9. The Balaban J connectivity index is 1.81. The van der Waals surface area contributed by atoms with Crippen LogP contribution in [0.25, 0.3) is 11.1 Å². The van der Waals surface area contributed by atoms with E-state index in [-0.39, 0.29) is 11.9 Å². The molecule has 1 amide bonds. The third-order valence-electron chi connectivity index (χ3n) is 5.19. The number of rotatable bonds is 7. The van der Waals surface area contributed by atoms with Gasteiger partial charge in [-0.15, -0.1) is 0 Å². The normalized spacial score (nSPS) is 11.9. The van der Waals surface area contributed by atoms with Crippen molar-refractivity contribution in [3.05, 3.63) is 89.4 Å². The Labute approximate surface area is 178 Å². The molecule has 0 saturated carbocycles. The Morgan fingerprint density at radius 2 is 1.55 bits per heavy atom. The van der Waals surface area contributed by atoms with Crippen LogP contribution in [0, 0.1) is 5.92 Å². The average molecular weight is 407 g/mol. The van der Waals surface area contributed by atoms with Crippen molar-refractivity contribution >= 4 is 23.2 Å². The number of hydrogen-bond donors (Lipinski definition) is 1. The van der Waals surface area contributed by atoms with Crippen LogP contribution in [0.3, 0.4) is 0 Å². The first-order valence-electron chi connectivity index (χ1n) is 9.88. The molecule has 29 heavy (non-hydrogen) atoms. The molecule has 0 fully saturated rings. The summed E-state index contributed by atoms with van der Waals surface area (Å²) >= 11 is 5.97. The lowest BCUT2D eigenvalue weighted by atomic mass is 9.97. The van der Waals surface area contributed by atoms with Crippen molar-refractivity contribution in [2.75, 3.05) is 18.9 Å². The van der Waals surface area contributed by atoms with E-state index in [0.717, 1.165) is 22.4 Å². The highest BCUT2D eigenvalue weighted by Crippen LogP contribution is 2.26. The molecule has 3 nitrogen and oxygen atoms in total. The Morgan fingerprint density at radius 3 is 2.21 bits per heavy atom. The number of hydrogen-bond acceptors (Lipinski definition) is 2. The summed E-state index contributed by atoms with van der Waals surface area (Å²) < 4.78 is 0. The predicted octanol–water partition coefficient (Wildman–Crippen LogP) is 6.22. The zero-order valence-corrected chi connectivity index (χ0v) is 17.9. The van der Waals surface area contributed by atoms with Crippen LogP contribution in [0.2, 0.25) is 5.02 Å². The van der Waals surface area contributed by atoms with Gasteiger partial charge >= 0.3 is 0 Å². The monoisotopic (exact) mass is 406 g/mol. The molecule has 0 bridgehead atoms. The molecular weight excluding hydrogens is 380 g/mol. The van der Waals surface area contributed by atoms with Crippen LogP contribution in [0.5, 0.6) is 0 Å². The highest BCUT2D eigenvalue weighted by Gasteiger charge is 2.25. The van der Waals surface area contributed by atoms with Crippen LogP contribution in [-0.2, 0) is 0 Å². The molecule has 150 valence electrons. The number of carbonyl (C=O) groups excluding carboxylic acids is 1. The van der Waals surface area contributed by atoms with Crippen molar-refractivity contribution in [3.63, 3.8) is 0 Å². The van der Waals surface area contributed by atoms with E-state index in [1.54, 1.807) is 0 Å². The molecular formula is C25H27ClN2O. The first-order valence-corrected chi connectivity index (χ1v) is 10.3. The van der Waals surface area contributed by atoms with Gasteiger partial charge < -0.3 is 10.2 Å². The quantitative estimate of drug-likeness (QED) is 0.505. The summed E-state index contributed by atoms with van der Waals surface area (Å²) in [5.41, 5.74) is 3.72. The number of carbonyl (C=O) groups is 1. The van der Waals surface area contributed by atoms with Crippen molar-refractivity contribution in [1.82, 2.24) is 4.90 Å². The zero-order valence-electron chi connectivity index (χ0n) is 17.1. The van der Waals surface area contributed by atoms with Gasteiger partial charge in [0.1, 0.15) is 0 Å². The van der Waals surface area contributed by atoms with Crippen molar-refractivity contribution in [1.29, 1.82) is 0 Å². The van der Waals surface area contributed by atoms with Gasteiger partial charge in [0.05, 0.1) is 6.04 Å². The number of benzene rings is 3. The molecule has 1 atom stereocenters. The molecule has 1 N–H and O–H groups in total. The topological polar surface area (TPSA) is 32.3 Å². The summed E-state index contributed by atoms with van der Waals surface area (Å²) in [7, 11) is 1.89. The van der Waals surface area contributed by atoms with Crippen LogP contribution in [-0.4, -0.2) is 30.4 Å². The minimum Gasteiger partial charge on any atom is -0.383 e. The second-order valence-electron chi connectivity index (χ2n) is 7.53. The summed E-state index contributed by atoms with van der Waals surface area (Å²) in [6.45, 7) is 4.94. The highest BCUT2D eigenvalue weighted by molar-refractivity contribution is 6.30. The van der Waals surface area contributed by atoms with Gasteiger partial charge in [-0.2, -0.15) is 0 Å². The molecule has 0 saturated heterocycles. The number of halogens is 1. The number of anilines is 1. The summed E-state index contributed by atoms with van der Waals surface area (Å²) in [5.74, 6) is 0.327. The molecule has 0 aliphatic heterocycles. The predicted molar refractivity (Wildman–Crippen MR) is 123 cm³/mol. The average Bonchev–Trinajstić information content (AvgIpc) is 2.75. The van der Waals surface area contributed by atoms with Crippen molar-refractivity contribution in [2.45, 2.75) is 19.9 Å². The highest BCUT2D eigenvalue weighted by atomic mass is 35.5. The Morgan fingerprint density at radius 1 is 0.931 bits per heavy atom. The lowest BCUT2D eigenvalue weighted by Crippen LogP contribution is -2.44. The number of likely N-dealkylation sites (N-methyl/N-ethyl adjacent to an activating group) is 1. The lowest BCUT2D eigenvalue weighted by molar-refractivity contribution is 0.0702. The van der Waals surface area contributed by atoms with Crippen molar-refractivity contribution in [2.24, 2.45) is 5.92 Å². The minimum absolute atomic E-state index is 0.0288. The standard InChI is InChI=1S/C25H27ClN2O/c1-18(2)24(17-27-21-15-13-20(26)14-16-21)28(3)25(29)23-12-8-7-11-22(23)19-9-5-4-6-10-19/h4-16,18,24,27H,17H2,1-3H3. The van der Waals surface area contributed by atoms with Crippen LogP contribution in [0.1, 0.15) is 24.2 Å². The van der Waals surface area contributed by atoms with Crippen molar-refractivity contribution < 1.29 is 4.79 Å². The van der Waals surface area contributed by atoms with Gasteiger partial charge in [0, 0.05) is 29.9 Å². The Bertz CT molecular complexity index is 939. The number of nitrogens with zero attached hydrogens (tertiary/aromatic N) is 1. The maximum Gasteiger partial charge on any atom is 0.254 e. The Kier molecular flexibility index (Phi) is 6.95. The summed E-state index contributed by atoms with van der Waals surface area (Å²) in [6, 6.07) is 25.5. The van der Waals surface area contributed by atoms with Gasteiger partial charge in [-0.05, 0) is 47.4 Å². The van der Waals surface area contributed by atoms with E-state index in [2.05, 4.69) is 19.2 Å². The molecule has 3 aromatic rings. The fourth-order valence-electron chi connectivity index (χ4n) is 3.49. The SMILES string of the molecule is CC(C)C(CNc1ccc(Cl)cc1)N(C)C(=O)c1ccccc1-c1ccccc1. The molecule has 0 aliphatic carbocycles.